The van der Waals surface area contributed by atoms with Crippen LogP contribution in [0.15, 0.2) is 60.0 Å². The Morgan fingerprint density at radius 3 is 2.14 bits per heavy atom. The van der Waals surface area contributed by atoms with Crippen LogP contribution in [0.2, 0.25) is 0 Å². The zero-order valence-corrected chi connectivity index (χ0v) is 22.6. The lowest BCUT2D eigenvalue weighted by molar-refractivity contribution is -0.268. The van der Waals surface area contributed by atoms with Crippen molar-refractivity contribution in [1.29, 1.82) is 0 Å². The van der Waals surface area contributed by atoms with Crippen molar-refractivity contribution in [3.05, 3.63) is 106 Å². The van der Waals surface area contributed by atoms with Crippen molar-refractivity contribution >= 4 is 23.4 Å². The van der Waals surface area contributed by atoms with Crippen LogP contribution in [0.5, 0.6) is 0 Å². The van der Waals surface area contributed by atoms with E-state index in [-0.39, 0.29) is 24.3 Å². The van der Waals surface area contributed by atoms with E-state index in [1.165, 1.54) is 30.2 Å². The van der Waals surface area contributed by atoms with Gasteiger partial charge in [0.15, 0.2) is 34.7 Å². The molecule has 1 aromatic heterocycles. The molecule has 0 unspecified atom stereocenters. The van der Waals surface area contributed by atoms with Crippen molar-refractivity contribution < 1.29 is 41.3 Å². The van der Waals surface area contributed by atoms with Crippen molar-refractivity contribution in [2.75, 3.05) is 11.1 Å². The minimum absolute atomic E-state index is 0.0328. The first-order chi connectivity index (χ1) is 20.2. The molecule has 8 nitrogen and oxygen atoms in total. The lowest BCUT2D eigenvalue weighted by atomic mass is 9.91. The van der Waals surface area contributed by atoms with E-state index in [2.05, 4.69) is 20.5 Å². The Morgan fingerprint density at radius 2 is 1.55 bits per heavy atom. The van der Waals surface area contributed by atoms with E-state index >= 15 is 0 Å². The molecule has 2 heterocycles. The van der Waals surface area contributed by atoms with Crippen LogP contribution in [0.3, 0.4) is 0 Å². The molecule has 0 spiro atoms. The number of thioether (sulfide) groups is 1. The number of aromatic nitrogens is 3. The molecule has 3 aromatic carbocycles. The Bertz CT molecular complexity index is 1530. The number of benzene rings is 3. The van der Waals surface area contributed by atoms with Gasteiger partial charge in [-0.2, -0.15) is 5.10 Å². The Kier molecular flexibility index (Phi) is 8.87. The zero-order valence-electron chi connectivity index (χ0n) is 21.8. The number of carbonyl (C=O) groups excluding carboxylic acids is 1. The summed E-state index contributed by atoms with van der Waals surface area (Å²) < 4.78 is 81.2. The van der Waals surface area contributed by atoms with Crippen LogP contribution in [0, 0.1) is 35.0 Å². The number of anilines is 1. The lowest BCUT2D eigenvalue weighted by Crippen LogP contribution is -2.38. The molecule has 4 aromatic rings. The molecule has 1 amide bonds. The third-order valence-corrected chi connectivity index (χ3v) is 7.74. The largest absolute Gasteiger partial charge is 0.392 e. The first kappa shape index (κ1) is 29.6. The number of nitrogens with one attached hydrogen (secondary N) is 2. The first-order valence-corrected chi connectivity index (χ1v) is 13.6. The van der Waals surface area contributed by atoms with Gasteiger partial charge in [-0.1, -0.05) is 55.1 Å². The van der Waals surface area contributed by atoms with Gasteiger partial charge in [-0.25, -0.2) is 26.9 Å². The minimum atomic E-state index is -2.35. The number of ether oxygens (including phenoxy) is 2. The Labute approximate surface area is 240 Å². The Morgan fingerprint density at radius 1 is 0.929 bits per heavy atom. The number of hydrogen-bond acceptors (Lipinski definition) is 7. The first-order valence-electron chi connectivity index (χ1n) is 12.6. The van der Waals surface area contributed by atoms with Gasteiger partial charge in [0.05, 0.1) is 18.8 Å². The highest BCUT2D eigenvalue weighted by Crippen LogP contribution is 2.43. The number of nitrogens with zero attached hydrogens (tertiary/aromatic N) is 2. The highest BCUT2D eigenvalue weighted by molar-refractivity contribution is 7.99. The molecular formula is C28H23F5N4O4S. The second kappa shape index (κ2) is 12.6. The number of hydrogen-bond donors (Lipinski definition) is 3. The quantitative estimate of drug-likeness (QED) is 0.100. The molecule has 0 bridgehead atoms. The van der Waals surface area contributed by atoms with Crippen molar-refractivity contribution in [3.63, 3.8) is 0 Å². The topological polar surface area (TPSA) is 109 Å². The highest BCUT2D eigenvalue weighted by Gasteiger charge is 2.38. The maximum Gasteiger partial charge on any atom is 0.261 e. The maximum atomic E-state index is 14.1. The summed E-state index contributed by atoms with van der Waals surface area (Å²) in [5.41, 5.74) is 0.601. The molecule has 1 fully saturated rings. The molecule has 0 radical (unpaired) electrons. The summed E-state index contributed by atoms with van der Waals surface area (Å²) in [5, 5.41) is 18.8. The van der Waals surface area contributed by atoms with Crippen LogP contribution < -0.4 is 5.32 Å². The van der Waals surface area contributed by atoms with Crippen molar-refractivity contribution in [2.24, 2.45) is 5.92 Å². The van der Waals surface area contributed by atoms with Gasteiger partial charge in [0.25, 0.3) is 5.91 Å². The Hall–Kier alpha value is -3.85. The average Bonchev–Trinajstić information content (AvgIpc) is 3.53. The summed E-state index contributed by atoms with van der Waals surface area (Å²) >= 11 is 1.42. The third kappa shape index (κ3) is 6.02. The predicted octanol–water partition coefficient (Wildman–Crippen LogP) is 5.83. The summed E-state index contributed by atoms with van der Waals surface area (Å²) in [6.45, 7) is 1.89. The number of carbonyl (C=O) groups is 1. The molecule has 220 valence electrons. The summed E-state index contributed by atoms with van der Waals surface area (Å²) in [6, 6.07) is 13.2. The number of amides is 1. The van der Waals surface area contributed by atoms with Crippen molar-refractivity contribution in [2.45, 2.75) is 37.2 Å². The number of aliphatic hydroxyl groups is 1. The monoisotopic (exact) mass is 606 g/mol. The van der Waals surface area contributed by atoms with E-state index in [1.54, 1.807) is 24.3 Å². The fourth-order valence-electron chi connectivity index (χ4n) is 4.46. The molecule has 4 atom stereocenters. The van der Waals surface area contributed by atoms with E-state index in [1.807, 2.05) is 19.1 Å². The number of aliphatic hydroxyl groups excluding tert-OH is 1. The summed E-state index contributed by atoms with van der Waals surface area (Å²) in [6.07, 6.45) is -0.166. The Balaban J connectivity index is 1.36. The van der Waals surface area contributed by atoms with Crippen LogP contribution >= 0.6 is 11.8 Å². The molecule has 42 heavy (non-hydrogen) atoms. The van der Waals surface area contributed by atoms with Gasteiger partial charge in [0.2, 0.25) is 5.82 Å². The van der Waals surface area contributed by atoms with Gasteiger partial charge >= 0.3 is 0 Å². The molecule has 0 saturated carbocycles. The van der Waals surface area contributed by atoms with Crippen LogP contribution in [0.1, 0.15) is 46.4 Å². The second-order valence-corrected chi connectivity index (χ2v) is 10.5. The van der Waals surface area contributed by atoms with Gasteiger partial charge < -0.3 is 19.9 Å². The van der Waals surface area contributed by atoms with E-state index in [0.29, 0.717) is 16.5 Å². The SMILES string of the molecule is C[C@@H]1[C@H](CSc2ncn[nH]2)O[C@H](c2ccc(NC(=O)c3c(F)c(F)c(F)c(F)c3F)cc2)O[C@@H]1c1ccc(CO)cc1. The molecule has 14 heteroatoms. The minimum Gasteiger partial charge on any atom is -0.392 e. The third-order valence-electron chi connectivity index (χ3n) is 6.78. The lowest BCUT2D eigenvalue weighted by Gasteiger charge is -2.41. The number of aromatic amines is 1. The zero-order chi connectivity index (χ0) is 30.0. The van der Waals surface area contributed by atoms with Gasteiger partial charge in [0.1, 0.15) is 11.9 Å². The van der Waals surface area contributed by atoms with Crippen LogP contribution in [-0.4, -0.2) is 38.1 Å². The molecule has 0 aliphatic carbocycles. The van der Waals surface area contributed by atoms with E-state index in [9.17, 15) is 31.9 Å². The normalized spacial score (nSPS) is 20.5. The van der Waals surface area contributed by atoms with E-state index in [0.717, 1.165) is 11.1 Å². The highest BCUT2D eigenvalue weighted by atomic mass is 32.2. The summed E-state index contributed by atoms with van der Waals surface area (Å²) in [7, 11) is 0. The van der Waals surface area contributed by atoms with Gasteiger partial charge in [-0.3, -0.25) is 9.89 Å². The van der Waals surface area contributed by atoms with Crippen LogP contribution in [-0.2, 0) is 16.1 Å². The van der Waals surface area contributed by atoms with E-state index < -0.39 is 53.0 Å². The van der Waals surface area contributed by atoms with Crippen LogP contribution in [0.25, 0.3) is 0 Å². The second-order valence-electron chi connectivity index (χ2n) is 9.44. The molecule has 5 rings (SSSR count). The molecule has 1 saturated heterocycles. The fraction of sp³-hybridized carbons (Fsp3) is 0.250. The average molecular weight is 607 g/mol. The van der Waals surface area contributed by atoms with Gasteiger partial charge in [-0.05, 0) is 23.3 Å². The van der Waals surface area contributed by atoms with Crippen molar-refractivity contribution in [1.82, 2.24) is 15.2 Å². The fourth-order valence-corrected chi connectivity index (χ4v) is 5.40. The maximum absolute atomic E-state index is 14.1. The summed E-state index contributed by atoms with van der Waals surface area (Å²) in [4.78, 5) is 16.5. The van der Waals surface area contributed by atoms with Gasteiger partial charge in [0, 0.05) is 22.9 Å². The number of H-pyrrole nitrogens is 1. The van der Waals surface area contributed by atoms with E-state index in [4.69, 9.17) is 9.47 Å². The van der Waals surface area contributed by atoms with Crippen LogP contribution in [0.4, 0.5) is 27.6 Å². The molecule has 3 N–H and O–H groups in total. The number of rotatable bonds is 8. The van der Waals surface area contributed by atoms with Crippen molar-refractivity contribution in [3.8, 4) is 0 Å². The summed E-state index contributed by atoms with van der Waals surface area (Å²) in [5.74, 6) is -12.3. The predicted molar refractivity (Wildman–Crippen MR) is 141 cm³/mol. The van der Waals surface area contributed by atoms with Gasteiger partial charge in [-0.15, -0.1) is 0 Å². The number of halogens is 5. The smallest absolute Gasteiger partial charge is 0.261 e. The molecule has 1 aliphatic rings. The molecular weight excluding hydrogens is 583 g/mol. The standard InChI is InChI=1S/C28H23F5N4O4S/c1-13-18(11-42-28-34-12-35-37-28)40-27(41-25(13)15-4-2-14(10-38)3-5-15)16-6-8-17(9-7-16)36-26(39)19-20(29)22(31)24(33)23(32)21(19)30/h2-9,12-13,18,25,27,38H,10-11H2,1H3,(H,36,39)(H,34,35,37)/t13-,18+,25+,27+/m1/s1. The molecule has 1 aliphatic heterocycles.